The van der Waals surface area contributed by atoms with E-state index in [0.717, 1.165) is 63.0 Å². The molecule has 0 radical (unpaired) electrons. The summed E-state index contributed by atoms with van der Waals surface area (Å²) in [7, 11) is 0. The van der Waals surface area contributed by atoms with Crippen LogP contribution in [0.5, 0.6) is 0 Å². The third kappa shape index (κ3) is 6.32. The molecular formula is C21H30N6O2. The molecule has 0 spiro atoms. The van der Waals surface area contributed by atoms with Crippen LogP contribution in [0.1, 0.15) is 25.1 Å². The molecule has 156 valence electrons. The molecule has 2 aromatic rings. The van der Waals surface area contributed by atoms with Crippen LogP contribution in [-0.2, 0) is 17.8 Å². The van der Waals surface area contributed by atoms with Gasteiger partial charge < -0.3 is 20.1 Å². The Morgan fingerprint density at radius 1 is 1.21 bits per heavy atom. The standard InChI is InChI=1S/C21H30N6O2/c1-3-17-6-5-7-18(14-17)24-20(28)15-23-21(22-4-2)27-11-9-26(10-12-27)16-19-8-13-29-25-19/h5-8,13-14H,3-4,9-12,15-16H2,1-2H3,(H,22,23)(H,24,28). The number of aliphatic imine (C=N–C) groups is 1. The van der Waals surface area contributed by atoms with Crippen molar-refractivity contribution in [3.05, 3.63) is 47.9 Å². The lowest BCUT2D eigenvalue weighted by Crippen LogP contribution is -2.52. The first kappa shape index (κ1) is 20.9. The molecule has 0 unspecified atom stereocenters. The highest BCUT2D eigenvalue weighted by molar-refractivity contribution is 5.94. The van der Waals surface area contributed by atoms with E-state index in [9.17, 15) is 4.79 Å². The van der Waals surface area contributed by atoms with E-state index in [-0.39, 0.29) is 12.5 Å². The highest BCUT2D eigenvalue weighted by Gasteiger charge is 2.20. The van der Waals surface area contributed by atoms with E-state index in [1.54, 1.807) is 6.26 Å². The van der Waals surface area contributed by atoms with Crippen LogP contribution in [0.2, 0.25) is 0 Å². The van der Waals surface area contributed by atoms with Gasteiger partial charge in [0.2, 0.25) is 5.91 Å². The Morgan fingerprint density at radius 3 is 2.72 bits per heavy atom. The third-order valence-electron chi connectivity index (χ3n) is 4.87. The summed E-state index contributed by atoms with van der Waals surface area (Å²) in [5.74, 6) is 0.671. The van der Waals surface area contributed by atoms with Crippen molar-refractivity contribution in [1.82, 2.24) is 20.3 Å². The minimum atomic E-state index is -0.113. The predicted molar refractivity (Wildman–Crippen MR) is 114 cm³/mol. The summed E-state index contributed by atoms with van der Waals surface area (Å²) in [6.45, 7) is 9.30. The average molecular weight is 399 g/mol. The van der Waals surface area contributed by atoms with Crippen molar-refractivity contribution in [2.75, 3.05) is 44.6 Å². The van der Waals surface area contributed by atoms with Crippen molar-refractivity contribution in [3.63, 3.8) is 0 Å². The molecule has 2 N–H and O–H groups in total. The fourth-order valence-corrected chi connectivity index (χ4v) is 3.31. The van der Waals surface area contributed by atoms with Crippen molar-refractivity contribution >= 4 is 17.6 Å². The van der Waals surface area contributed by atoms with E-state index in [1.807, 2.05) is 31.2 Å². The number of guanidine groups is 1. The van der Waals surface area contributed by atoms with Crippen LogP contribution >= 0.6 is 0 Å². The first-order valence-electron chi connectivity index (χ1n) is 10.2. The summed E-state index contributed by atoms with van der Waals surface area (Å²) in [5, 5.41) is 10.2. The number of piperazine rings is 1. The summed E-state index contributed by atoms with van der Waals surface area (Å²) in [5.41, 5.74) is 2.96. The number of carbonyl (C=O) groups excluding carboxylic acids is 1. The summed E-state index contributed by atoms with van der Waals surface area (Å²) in [6, 6.07) is 9.81. The van der Waals surface area contributed by atoms with Gasteiger partial charge in [0.25, 0.3) is 0 Å². The normalized spacial score (nSPS) is 15.4. The van der Waals surface area contributed by atoms with Crippen molar-refractivity contribution in [2.24, 2.45) is 4.99 Å². The molecule has 0 aliphatic carbocycles. The number of hydrogen-bond donors (Lipinski definition) is 2. The van der Waals surface area contributed by atoms with E-state index in [4.69, 9.17) is 4.52 Å². The summed E-state index contributed by atoms with van der Waals surface area (Å²) in [4.78, 5) is 21.4. The smallest absolute Gasteiger partial charge is 0.246 e. The molecule has 1 saturated heterocycles. The van der Waals surface area contributed by atoms with Gasteiger partial charge in [0, 0.05) is 51.0 Å². The predicted octanol–water partition coefficient (Wildman–Crippen LogP) is 1.96. The van der Waals surface area contributed by atoms with E-state index < -0.39 is 0 Å². The first-order chi connectivity index (χ1) is 14.2. The largest absolute Gasteiger partial charge is 0.364 e. The van der Waals surface area contributed by atoms with Gasteiger partial charge in [-0.15, -0.1) is 0 Å². The van der Waals surface area contributed by atoms with Gasteiger partial charge in [0.05, 0.1) is 5.69 Å². The zero-order valence-electron chi connectivity index (χ0n) is 17.2. The van der Waals surface area contributed by atoms with Crippen LogP contribution in [0, 0.1) is 0 Å². The van der Waals surface area contributed by atoms with Crippen molar-refractivity contribution in [2.45, 2.75) is 26.8 Å². The quantitative estimate of drug-likeness (QED) is 0.548. The van der Waals surface area contributed by atoms with E-state index in [0.29, 0.717) is 0 Å². The molecule has 2 heterocycles. The van der Waals surface area contributed by atoms with Gasteiger partial charge in [-0.2, -0.15) is 0 Å². The number of amides is 1. The van der Waals surface area contributed by atoms with Crippen molar-refractivity contribution < 1.29 is 9.32 Å². The average Bonchev–Trinajstić information content (AvgIpc) is 3.25. The molecule has 8 nitrogen and oxygen atoms in total. The Bertz CT molecular complexity index is 797. The van der Waals surface area contributed by atoms with Gasteiger partial charge in [0.15, 0.2) is 5.96 Å². The third-order valence-corrected chi connectivity index (χ3v) is 4.87. The number of anilines is 1. The zero-order chi connectivity index (χ0) is 20.5. The van der Waals surface area contributed by atoms with Crippen LogP contribution in [0.3, 0.4) is 0 Å². The maximum atomic E-state index is 12.3. The van der Waals surface area contributed by atoms with Crippen LogP contribution in [0.25, 0.3) is 0 Å². The van der Waals surface area contributed by atoms with Crippen molar-refractivity contribution in [1.29, 1.82) is 0 Å². The zero-order valence-corrected chi connectivity index (χ0v) is 17.2. The van der Waals surface area contributed by atoms with E-state index in [1.165, 1.54) is 5.56 Å². The number of hydrogen-bond acceptors (Lipinski definition) is 5. The molecule has 1 amide bonds. The summed E-state index contributed by atoms with van der Waals surface area (Å²) < 4.78 is 4.90. The fourth-order valence-electron chi connectivity index (χ4n) is 3.31. The number of aryl methyl sites for hydroxylation is 1. The summed E-state index contributed by atoms with van der Waals surface area (Å²) >= 11 is 0. The summed E-state index contributed by atoms with van der Waals surface area (Å²) in [6.07, 6.45) is 2.54. The van der Waals surface area contributed by atoms with Gasteiger partial charge in [-0.05, 0) is 31.0 Å². The van der Waals surface area contributed by atoms with E-state index in [2.05, 4.69) is 43.6 Å². The van der Waals surface area contributed by atoms with Crippen LogP contribution in [-0.4, -0.2) is 66.1 Å². The maximum Gasteiger partial charge on any atom is 0.246 e. The second kappa shape index (κ2) is 10.6. The van der Waals surface area contributed by atoms with Gasteiger partial charge in [-0.1, -0.05) is 24.2 Å². The lowest BCUT2D eigenvalue weighted by atomic mass is 10.1. The van der Waals surface area contributed by atoms with Crippen molar-refractivity contribution in [3.8, 4) is 0 Å². The fraction of sp³-hybridized carbons (Fsp3) is 0.476. The maximum absolute atomic E-state index is 12.3. The number of aromatic nitrogens is 1. The number of benzene rings is 1. The highest BCUT2D eigenvalue weighted by atomic mass is 16.5. The number of carbonyl (C=O) groups is 1. The molecule has 1 fully saturated rings. The van der Waals surface area contributed by atoms with Gasteiger partial charge in [-0.25, -0.2) is 4.99 Å². The van der Waals surface area contributed by atoms with Gasteiger partial charge in [0.1, 0.15) is 12.8 Å². The molecule has 8 heteroatoms. The van der Waals surface area contributed by atoms with Crippen LogP contribution < -0.4 is 10.6 Å². The number of rotatable bonds is 7. The SMILES string of the molecule is CCNC(=NCC(=O)Nc1cccc(CC)c1)N1CCN(Cc2ccon2)CC1. The Labute approximate surface area is 172 Å². The Morgan fingerprint density at radius 2 is 2.03 bits per heavy atom. The molecule has 0 saturated carbocycles. The molecular weight excluding hydrogens is 368 g/mol. The topological polar surface area (TPSA) is 86.0 Å². The van der Waals surface area contributed by atoms with Crippen LogP contribution in [0.15, 0.2) is 46.1 Å². The number of nitrogens with one attached hydrogen (secondary N) is 2. The van der Waals surface area contributed by atoms with E-state index >= 15 is 0 Å². The van der Waals surface area contributed by atoms with Gasteiger partial charge in [-0.3, -0.25) is 9.69 Å². The second-order valence-electron chi connectivity index (χ2n) is 7.03. The van der Waals surface area contributed by atoms with Crippen LogP contribution in [0.4, 0.5) is 5.69 Å². The minimum Gasteiger partial charge on any atom is -0.364 e. The minimum absolute atomic E-state index is 0.0951. The number of nitrogens with zero attached hydrogens (tertiary/aromatic N) is 4. The molecule has 1 aromatic carbocycles. The van der Waals surface area contributed by atoms with Gasteiger partial charge >= 0.3 is 0 Å². The molecule has 0 bridgehead atoms. The Kier molecular flexibility index (Phi) is 7.63. The molecule has 1 aliphatic rings. The molecule has 3 rings (SSSR count). The lowest BCUT2D eigenvalue weighted by Gasteiger charge is -2.36. The first-order valence-corrected chi connectivity index (χ1v) is 10.2. The molecule has 1 aliphatic heterocycles. The second-order valence-corrected chi connectivity index (χ2v) is 7.03. The Balaban J connectivity index is 1.52. The Hall–Kier alpha value is -2.87. The monoisotopic (exact) mass is 398 g/mol. The molecule has 29 heavy (non-hydrogen) atoms. The lowest BCUT2D eigenvalue weighted by molar-refractivity contribution is -0.114. The highest BCUT2D eigenvalue weighted by Crippen LogP contribution is 2.11. The molecule has 0 atom stereocenters. The molecule has 1 aromatic heterocycles.